The van der Waals surface area contributed by atoms with Crippen LogP contribution in [-0.2, 0) is 13.7 Å². The Hall–Kier alpha value is -4.27. The van der Waals surface area contributed by atoms with Gasteiger partial charge in [0.2, 0.25) is 0 Å². The Morgan fingerprint density at radius 1 is 0.431 bits per heavy atom. The summed E-state index contributed by atoms with van der Waals surface area (Å²) in [5.41, 5.74) is 1.71. The van der Waals surface area contributed by atoms with E-state index in [1.54, 1.807) is 20.8 Å². The summed E-state index contributed by atoms with van der Waals surface area (Å²) in [4.78, 5) is -1.07. The van der Waals surface area contributed by atoms with E-state index in [-0.39, 0.29) is 24.5 Å². The summed E-state index contributed by atoms with van der Waals surface area (Å²) in [6.45, 7) is 4.95. The lowest BCUT2D eigenvalue weighted by atomic mass is 10.1. The molecule has 0 aliphatic carbocycles. The first-order chi connectivity index (χ1) is 23.6. The Morgan fingerprint density at radius 2 is 0.706 bits per heavy atom. The van der Waals surface area contributed by atoms with Crippen molar-refractivity contribution < 1.29 is 51.6 Å². The Morgan fingerprint density at radius 3 is 0.980 bits per heavy atom. The monoisotopic (exact) mass is 758 g/mol. The molecule has 0 radical (unpaired) electrons. The smallest absolute Gasteiger partial charge is 0.212 e. The maximum absolute atomic E-state index is 16.2. The van der Waals surface area contributed by atoms with Crippen LogP contribution in [0.15, 0.2) is 158 Å². The van der Waals surface area contributed by atoms with E-state index < -0.39 is 42.0 Å². The molecule has 0 saturated heterocycles. The summed E-state index contributed by atoms with van der Waals surface area (Å²) >= 11 is 0. The van der Waals surface area contributed by atoms with Crippen LogP contribution in [0, 0.1) is 20.8 Å². The summed E-state index contributed by atoms with van der Waals surface area (Å²) in [7, 11) is -14.4. The molecule has 0 aromatic heterocycles. The van der Waals surface area contributed by atoms with E-state index >= 15 is 17.6 Å². The van der Waals surface area contributed by atoms with E-state index in [4.69, 9.17) is 3.63 Å². The van der Waals surface area contributed by atoms with Crippen LogP contribution in [0.2, 0.25) is 0 Å². The molecule has 0 fully saturated rings. The van der Waals surface area contributed by atoms with Crippen molar-refractivity contribution in [1.82, 2.24) is 0 Å². The predicted octanol–water partition coefficient (Wildman–Crippen LogP) is 11.8. The second-order valence-electron chi connectivity index (χ2n) is 12.2. The van der Waals surface area contributed by atoms with E-state index in [9.17, 15) is 30.4 Å². The molecule has 5 aromatic rings. The minimum absolute atomic E-state index is 0.212. The first-order valence-electron chi connectivity index (χ1n) is 15.1. The highest BCUT2D eigenvalue weighted by molar-refractivity contribution is 8.63. The number of hydrogen-bond donors (Lipinski definition) is 0. The standard InChI is InChI=1S/C37H31F9O3S2/c1-26-14-20-31(21-15-26)51(29-10-6-4-7-11-29,30-12-8-5-9-13-30,32-22-16-27(2)17-23-32,33-24-18-28(3)19-25-33)49-50(47,48)37(45,46)35(40,41)34(38,39)36(42,43)44/h4-25H,1-3H3. The molecule has 0 amide bonds. The SMILES string of the molecule is Cc1ccc(S(OS(=O)(=O)C(F)(F)C(F)(F)C(F)(F)C(F)(F)F)(c2ccccc2)(c2ccccc2)(c2ccc(C)cc2)c2ccc(C)cc2)cc1. The second kappa shape index (κ2) is 11.9. The third-order valence-electron chi connectivity index (χ3n) is 9.08. The van der Waals surface area contributed by atoms with Gasteiger partial charge in [0.15, 0.2) is 0 Å². The van der Waals surface area contributed by atoms with Gasteiger partial charge in [0.05, 0.1) is 0 Å². The zero-order chi connectivity index (χ0) is 37.8. The van der Waals surface area contributed by atoms with Crippen molar-refractivity contribution >= 4 is 18.7 Å². The average molecular weight is 759 g/mol. The molecule has 3 nitrogen and oxygen atoms in total. The number of halogens is 9. The quantitative estimate of drug-likeness (QED) is 0.133. The first-order valence-corrected chi connectivity index (χ1v) is 18.9. The van der Waals surface area contributed by atoms with Crippen LogP contribution in [0.3, 0.4) is 0 Å². The lowest BCUT2D eigenvalue weighted by Gasteiger charge is -2.78. The fraction of sp³-hybridized carbons (Fsp3) is 0.189. The zero-order valence-electron chi connectivity index (χ0n) is 27.1. The lowest BCUT2D eigenvalue weighted by Crippen LogP contribution is -2.64. The van der Waals surface area contributed by atoms with Crippen LogP contribution in [-0.4, -0.2) is 31.7 Å². The second-order valence-corrected chi connectivity index (χ2v) is 19.4. The third-order valence-corrected chi connectivity index (χ3v) is 19.1. The van der Waals surface area contributed by atoms with Crippen molar-refractivity contribution in [2.24, 2.45) is 0 Å². The molecule has 0 aliphatic rings. The van der Waals surface area contributed by atoms with Crippen LogP contribution in [0.5, 0.6) is 0 Å². The van der Waals surface area contributed by atoms with Gasteiger partial charge in [-0.15, -0.1) is 0 Å². The summed E-state index contributed by atoms with van der Waals surface area (Å²) in [6.07, 6.45) is -7.29. The molecule has 272 valence electrons. The summed E-state index contributed by atoms with van der Waals surface area (Å²) in [5.74, 6) is -15.1. The molecule has 5 aromatic carbocycles. The number of aryl methyl sites for hydroxylation is 3. The highest BCUT2D eigenvalue weighted by atomic mass is 32.4. The molecule has 0 spiro atoms. The molecule has 0 saturated carbocycles. The number of rotatable bonds is 10. The summed E-state index contributed by atoms with van der Waals surface area (Å²) in [5, 5.41) is -7.20. The number of hydrogen-bond acceptors (Lipinski definition) is 3. The van der Waals surface area contributed by atoms with Crippen LogP contribution in [0.1, 0.15) is 16.7 Å². The van der Waals surface area contributed by atoms with Gasteiger partial charge >= 0.3 is 33.4 Å². The van der Waals surface area contributed by atoms with Crippen molar-refractivity contribution in [2.45, 2.75) is 68.5 Å². The zero-order valence-corrected chi connectivity index (χ0v) is 28.8. The maximum atomic E-state index is 16.2. The Balaban J connectivity index is 2.22. The van der Waals surface area contributed by atoms with E-state index in [1.165, 1.54) is 133 Å². The summed E-state index contributed by atoms with van der Waals surface area (Å²) in [6, 6.07) is 30.7. The number of benzene rings is 5. The predicted molar refractivity (Wildman–Crippen MR) is 176 cm³/mol. The molecule has 5 rings (SSSR count). The highest BCUT2D eigenvalue weighted by Crippen LogP contribution is 3.11. The molecule has 0 aliphatic heterocycles. The minimum atomic E-state index is -7.62. The maximum Gasteiger partial charge on any atom is 0.460 e. The average Bonchev–Trinajstić information content (AvgIpc) is 3.08. The highest BCUT2D eigenvalue weighted by Gasteiger charge is 2.87. The molecule has 0 unspecified atom stereocenters. The molecular weight excluding hydrogens is 728 g/mol. The van der Waals surface area contributed by atoms with Gasteiger partial charge in [0.25, 0.3) is 0 Å². The Labute approximate surface area is 288 Å². The van der Waals surface area contributed by atoms with Gasteiger partial charge in [0, 0.05) is 24.5 Å². The fourth-order valence-corrected chi connectivity index (χ4v) is 17.3. The first kappa shape index (κ1) is 38.0. The van der Waals surface area contributed by atoms with Gasteiger partial charge in [-0.1, -0.05) is 98.1 Å². The molecule has 51 heavy (non-hydrogen) atoms. The fourth-order valence-electron chi connectivity index (χ4n) is 6.44. The van der Waals surface area contributed by atoms with Crippen molar-refractivity contribution in [2.75, 3.05) is 0 Å². The van der Waals surface area contributed by atoms with Crippen LogP contribution in [0.4, 0.5) is 39.5 Å². The molecule has 0 N–H and O–H groups in total. The van der Waals surface area contributed by atoms with Gasteiger partial charge in [0.1, 0.15) is 0 Å². The van der Waals surface area contributed by atoms with Gasteiger partial charge in [-0.25, -0.2) is 3.63 Å². The lowest BCUT2D eigenvalue weighted by molar-refractivity contribution is -0.382. The Kier molecular flexibility index (Phi) is 8.85. The Bertz CT molecular complexity index is 1990. The normalized spacial score (nSPS) is 14.8. The van der Waals surface area contributed by atoms with E-state index in [1.807, 2.05) is 0 Å². The molecule has 0 bridgehead atoms. The van der Waals surface area contributed by atoms with Gasteiger partial charge in [-0.05, 0) is 81.4 Å². The van der Waals surface area contributed by atoms with Gasteiger partial charge < -0.3 is 0 Å². The molecule has 0 atom stereocenters. The van der Waals surface area contributed by atoms with Crippen molar-refractivity contribution in [1.29, 1.82) is 0 Å². The van der Waals surface area contributed by atoms with Crippen molar-refractivity contribution in [3.05, 3.63) is 150 Å². The van der Waals surface area contributed by atoms with Crippen LogP contribution < -0.4 is 0 Å². The minimum Gasteiger partial charge on any atom is -0.212 e. The van der Waals surface area contributed by atoms with Crippen LogP contribution >= 0.6 is 8.58 Å². The van der Waals surface area contributed by atoms with E-state index in [0.717, 1.165) is 0 Å². The van der Waals surface area contributed by atoms with Crippen molar-refractivity contribution in [3.8, 4) is 0 Å². The molecule has 0 heterocycles. The third kappa shape index (κ3) is 4.75. The van der Waals surface area contributed by atoms with E-state index in [2.05, 4.69) is 0 Å². The topological polar surface area (TPSA) is 43.4 Å². The van der Waals surface area contributed by atoms with Crippen LogP contribution in [0.25, 0.3) is 0 Å². The molecular formula is C37H31F9O3S2. The van der Waals surface area contributed by atoms with E-state index in [0.29, 0.717) is 16.7 Å². The molecule has 14 heteroatoms. The summed E-state index contributed by atoms with van der Waals surface area (Å²) < 4.78 is 167. The van der Waals surface area contributed by atoms with Gasteiger partial charge in [-0.2, -0.15) is 47.9 Å². The van der Waals surface area contributed by atoms with Gasteiger partial charge in [-0.3, -0.25) is 0 Å². The van der Waals surface area contributed by atoms with Crippen molar-refractivity contribution in [3.63, 3.8) is 0 Å². The number of alkyl halides is 9. The largest absolute Gasteiger partial charge is 0.460 e.